The summed E-state index contributed by atoms with van der Waals surface area (Å²) in [6, 6.07) is 3.49. The SMILES string of the molecule is Cl.Cl.O=[N+]([O-])c1ccc([C@H](C2CCCCC2)N2CCNCC2)o1. The molecule has 1 N–H and O–H groups in total. The molecule has 1 saturated carbocycles. The third-order valence-electron chi connectivity index (χ3n) is 4.73. The van der Waals surface area contributed by atoms with Crippen molar-refractivity contribution in [3.8, 4) is 0 Å². The van der Waals surface area contributed by atoms with Crippen LogP contribution in [0.15, 0.2) is 16.5 Å². The maximum Gasteiger partial charge on any atom is 0.433 e. The second-order valence-electron chi connectivity index (χ2n) is 6.06. The zero-order chi connectivity index (χ0) is 14.7. The Morgan fingerprint density at radius 3 is 2.39 bits per heavy atom. The third-order valence-corrected chi connectivity index (χ3v) is 4.73. The Hall–Kier alpha value is -0.820. The number of nitrogens with zero attached hydrogens (tertiary/aromatic N) is 2. The van der Waals surface area contributed by atoms with E-state index in [2.05, 4.69) is 10.2 Å². The molecule has 1 aliphatic heterocycles. The molecule has 0 radical (unpaired) electrons. The quantitative estimate of drug-likeness (QED) is 0.652. The van der Waals surface area contributed by atoms with Crippen LogP contribution in [0, 0.1) is 16.0 Å². The van der Waals surface area contributed by atoms with Crippen LogP contribution in [0.2, 0.25) is 0 Å². The molecule has 6 nitrogen and oxygen atoms in total. The van der Waals surface area contributed by atoms with Crippen molar-refractivity contribution in [2.24, 2.45) is 5.92 Å². The molecule has 0 spiro atoms. The zero-order valence-electron chi connectivity index (χ0n) is 13.1. The van der Waals surface area contributed by atoms with Gasteiger partial charge in [-0.1, -0.05) is 19.3 Å². The van der Waals surface area contributed by atoms with Gasteiger partial charge in [0.05, 0.1) is 12.1 Å². The predicted molar refractivity (Wildman–Crippen MR) is 93.6 cm³/mol. The van der Waals surface area contributed by atoms with E-state index in [0.717, 1.165) is 31.9 Å². The molecular formula is C15H25Cl2N3O3. The fraction of sp³-hybridized carbons (Fsp3) is 0.733. The van der Waals surface area contributed by atoms with Crippen LogP contribution < -0.4 is 5.32 Å². The molecular weight excluding hydrogens is 341 g/mol. The Labute approximate surface area is 148 Å². The van der Waals surface area contributed by atoms with E-state index in [1.54, 1.807) is 6.07 Å². The van der Waals surface area contributed by atoms with Gasteiger partial charge in [-0.15, -0.1) is 24.8 Å². The normalized spacial score (nSPS) is 21.0. The van der Waals surface area contributed by atoms with Gasteiger partial charge in [0.25, 0.3) is 0 Å². The number of rotatable bonds is 4. The average Bonchev–Trinajstić information content (AvgIpc) is 3.00. The number of halogens is 2. The summed E-state index contributed by atoms with van der Waals surface area (Å²) in [7, 11) is 0. The summed E-state index contributed by atoms with van der Waals surface area (Å²) in [6.07, 6.45) is 6.22. The van der Waals surface area contributed by atoms with Crippen LogP contribution in [-0.4, -0.2) is 36.0 Å². The van der Waals surface area contributed by atoms with Crippen molar-refractivity contribution in [1.82, 2.24) is 10.2 Å². The highest BCUT2D eigenvalue weighted by atomic mass is 35.5. The molecule has 1 aliphatic carbocycles. The van der Waals surface area contributed by atoms with Crippen molar-refractivity contribution in [3.63, 3.8) is 0 Å². The van der Waals surface area contributed by atoms with Gasteiger partial charge in [-0.2, -0.15) is 0 Å². The maximum atomic E-state index is 10.9. The zero-order valence-corrected chi connectivity index (χ0v) is 14.7. The van der Waals surface area contributed by atoms with Crippen molar-refractivity contribution in [2.75, 3.05) is 26.2 Å². The fourth-order valence-electron chi connectivity index (χ4n) is 3.72. The van der Waals surface area contributed by atoms with Crippen LogP contribution in [0.3, 0.4) is 0 Å². The van der Waals surface area contributed by atoms with Crippen molar-refractivity contribution >= 4 is 30.7 Å². The first kappa shape index (κ1) is 20.2. The van der Waals surface area contributed by atoms with Crippen molar-refractivity contribution in [3.05, 3.63) is 28.0 Å². The van der Waals surface area contributed by atoms with E-state index in [-0.39, 0.29) is 36.7 Å². The Morgan fingerprint density at radius 1 is 1.17 bits per heavy atom. The molecule has 132 valence electrons. The van der Waals surface area contributed by atoms with Gasteiger partial charge in [-0.25, -0.2) is 0 Å². The van der Waals surface area contributed by atoms with E-state index in [0.29, 0.717) is 5.92 Å². The van der Waals surface area contributed by atoms with Gasteiger partial charge < -0.3 is 9.73 Å². The maximum absolute atomic E-state index is 10.9. The van der Waals surface area contributed by atoms with Gasteiger partial charge in [0, 0.05) is 26.2 Å². The van der Waals surface area contributed by atoms with Gasteiger partial charge >= 0.3 is 5.88 Å². The molecule has 0 amide bonds. The smallest absolute Gasteiger partial charge is 0.404 e. The highest BCUT2D eigenvalue weighted by Gasteiger charge is 2.34. The first-order valence-corrected chi connectivity index (χ1v) is 7.94. The molecule has 2 fully saturated rings. The molecule has 8 heteroatoms. The summed E-state index contributed by atoms with van der Waals surface area (Å²) in [5.74, 6) is 1.19. The first-order chi connectivity index (χ1) is 10.3. The van der Waals surface area contributed by atoms with Gasteiger partial charge in [0.1, 0.15) is 10.7 Å². The minimum absolute atomic E-state index is 0. The van der Waals surface area contributed by atoms with Gasteiger partial charge in [0.15, 0.2) is 0 Å². The summed E-state index contributed by atoms with van der Waals surface area (Å²) >= 11 is 0. The van der Waals surface area contributed by atoms with E-state index < -0.39 is 4.92 Å². The summed E-state index contributed by atoms with van der Waals surface area (Å²) in [6.45, 7) is 3.92. The summed E-state index contributed by atoms with van der Waals surface area (Å²) < 4.78 is 5.55. The largest absolute Gasteiger partial charge is 0.433 e. The molecule has 2 heterocycles. The number of nitrogens with one attached hydrogen (secondary N) is 1. The van der Waals surface area contributed by atoms with Gasteiger partial charge in [0.2, 0.25) is 0 Å². The highest BCUT2D eigenvalue weighted by molar-refractivity contribution is 5.85. The standard InChI is InChI=1S/C15H23N3O3.2ClH/c19-18(20)14-7-6-13(21-14)15(12-4-2-1-3-5-12)17-10-8-16-9-11-17;;/h6-7,12,15-16H,1-5,8-11H2;2*1H/t15-;;/m0../s1. The molecule has 1 atom stereocenters. The fourth-order valence-corrected chi connectivity index (χ4v) is 3.72. The molecule has 23 heavy (non-hydrogen) atoms. The minimum Gasteiger partial charge on any atom is -0.404 e. The molecule has 0 aromatic carbocycles. The molecule has 0 bridgehead atoms. The Kier molecular flexibility index (Phi) is 8.33. The average molecular weight is 366 g/mol. The number of piperazine rings is 1. The second kappa shape index (κ2) is 9.47. The molecule has 0 unspecified atom stereocenters. The van der Waals surface area contributed by atoms with Crippen molar-refractivity contribution in [2.45, 2.75) is 38.1 Å². The Bertz CT molecular complexity index is 468. The van der Waals surface area contributed by atoms with E-state index >= 15 is 0 Å². The summed E-state index contributed by atoms with van der Waals surface area (Å²) in [5.41, 5.74) is 0. The topological polar surface area (TPSA) is 71.6 Å². The third kappa shape index (κ3) is 4.83. The highest BCUT2D eigenvalue weighted by Crippen LogP contribution is 2.39. The molecule has 1 aromatic rings. The predicted octanol–water partition coefficient (Wildman–Crippen LogP) is 3.56. The van der Waals surface area contributed by atoms with E-state index in [1.165, 1.54) is 38.2 Å². The van der Waals surface area contributed by atoms with E-state index in [9.17, 15) is 10.1 Å². The van der Waals surface area contributed by atoms with E-state index in [4.69, 9.17) is 4.42 Å². The van der Waals surface area contributed by atoms with Crippen LogP contribution in [-0.2, 0) is 0 Å². The lowest BCUT2D eigenvalue weighted by Crippen LogP contribution is -2.47. The monoisotopic (exact) mass is 365 g/mol. The van der Waals surface area contributed by atoms with Crippen LogP contribution in [0.5, 0.6) is 0 Å². The van der Waals surface area contributed by atoms with Crippen molar-refractivity contribution in [1.29, 1.82) is 0 Å². The molecule has 1 saturated heterocycles. The summed E-state index contributed by atoms with van der Waals surface area (Å²) in [4.78, 5) is 12.9. The van der Waals surface area contributed by atoms with E-state index in [1.807, 2.05) is 0 Å². The van der Waals surface area contributed by atoms with Gasteiger partial charge in [-0.05, 0) is 24.8 Å². The van der Waals surface area contributed by atoms with Crippen LogP contribution in [0.4, 0.5) is 5.88 Å². The first-order valence-electron chi connectivity index (χ1n) is 7.94. The van der Waals surface area contributed by atoms with Gasteiger partial charge in [-0.3, -0.25) is 15.0 Å². The number of furan rings is 1. The Morgan fingerprint density at radius 2 is 1.83 bits per heavy atom. The van der Waals surface area contributed by atoms with Crippen LogP contribution >= 0.6 is 24.8 Å². The lowest BCUT2D eigenvalue weighted by Gasteiger charge is -2.39. The lowest BCUT2D eigenvalue weighted by molar-refractivity contribution is -0.402. The number of nitro groups is 1. The number of hydrogen-bond donors (Lipinski definition) is 1. The number of hydrogen-bond acceptors (Lipinski definition) is 5. The van der Waals surface area contributed by atoms with Crippen LogP contribution in [0.25, 0.3) is 0 Å². The lowest BCUT2D eigenvalue weighted by atomic mass is 9.82. The minimum atomic E-state index is -0.445. The van der Waals surface area contributed by atoms with Crippen molar-refractivity contribution < 1.29 is 9.34 Å². The molecule has 3 rings (SSSR count). The van der Waals surface area contributed by atoms with Crippen LogP contribution in [0.1, 0.15) is 43.9 Å². The Balaban J connectivity index is 0.00000132. The molecule has 1 aromatic heterocycles. The second-order valence-corrected chi connectivity index (χ2v) is 6.06. The summed E-state index contributed by atoms with van der Waals surface area (Å²) in [5, 5.41) is 14.2. The molecule has 2 aliphatic rings.